The lowest BCUT2D eigenvalue weighted by Gasteiger charge is -2.36. The Morgan fingerprint density at radius 2 is 1.88 bits per heavy atom. The fourth-order valence-corrected chi connectivity index (χ4v) is 7.51. The molecule has 4 aliphatic rings. The number of hydrogen-bond donors (Lipinski definition) is 1. The van der Waals surface area contributed by atoms with Gasteiger partial charge in [-0.05, 0) is 113 Å². The average Bonchev–Trinajstić information content (AvgIpc) is 3.80. The Bertz CT molecular complexity index is 2070. The van der Waals surface area contributed by atoms with Gasteiger partial charge in [-0.2, -0.15) is 0 Å². The molecule has 0 spiro atoms. The largest absolute Gasteiger partial charge is 0.440 e. The number of allylic oxidation sites excluding steroid dienone is 10. The molecule has 0 radical (unpaired) electrons. The van der Waals surface area contributed by atoms with Gasteiger partial charge in [-0.1, -0.05) is 119 Å². The molecule has 1 aliphatic carbocycles. The Morgan fingerprint density at radius 1 is 1.09 bits per heavy atom. The van der Waals surface area contributed by atoms with E-state index < -0.39 is 0 Å². The molecule has 0 amide bonds. The van der Waals surface area contributed by atoms with E-state index in [-0.39, 0.29) is 17.8 Å². The van der Waals surface area contributed by atoms with Crippen molar-refractivity contribution >= 4 is 35.1 Å². The SMILES string of the molecule is C=CC1=C(C)OC2=NC(CCCCCC)C=C2N1C1=CC=C(C)[C@@H]1CC(C)=NC(=NC(=N)/C(C)=C/CC(C)C1=CCCN=C1)C(=C\C)/C=C(\C=C)c1ccccc1. The Labute approximate surface area is 342 Å². The van der Waals surface area contributed by atoms with E-state index in [4.69, 9.17) is 25.1 Å². The molecule has 0 bridgehead atoms. The molecule has 0 aromatic heterocycles. The summed E-state index contributed by atoms with van der Waals surface area (Å²) in [7, 11) is 0. The molecule has 1 aromatic carbocycles. The highest BCUT2D eigenvalue weighted by atomic mass is 16.5. The number of ether oxygens (including phenoxy) is 1. The number of nitrogens with zero attached hydrogens (tertiary/aromatic N) is 5. The maximum Gasteiger partial charge on any atom is 0.239 e. The van der Waals surface area contributed by atoms with Crippen molar-refractivity contribution in [3.63, 3.8) is 0 Å². The van der Waals surface area contributed by atoms with Gasteiger partial charge in [-0.25, -0.2) is 15.0 Å². The third kappa shape index (κ3) is 10.9. The van der Waals surface area contributed by atoms with Crippen LogP contribution in [0.4, 0.5) is 0 Å². The number of rotatable bonds is 17. The zero-order valence-electron chi connectivity index (χ0n) is 35.3. The summed E-state index contributed by atoms with van der Waals surface area (Å²) in [5, 5.41) is 9.15. The maximum absolute atomic E-state index is 9.15. The molecule has 5 rings (SSSR count). The molecule has 1 aromatic rings. The van der Waals surface area contributed by atoms with E-state index in [1.54, 1.807) is 0 Å². The summed E-state index contributed by atoms with van der Waals surface area (Å²) in [5.41, 5.74) is 10.1. The van der Waals surface area contributed by atoms with Gasteiger partial charge in [-0.3, -0.25) is 10.4 Å². The van der Waals surface area contributed by atoms with E-state index >= 15 is 0 Å². The summed E-state index contributed by atoms with van der Waals surface area (Å²) in [6.07, 6.45) is 29.2. The van der Waals surface area contributed by atoms with E-state index in [0.717, 1.165) is 83.1 Å². The highest BCUT2D eigenvalue weighted by molar-refractivity contribution is 6.15. The number of nitrogens with one attached hydrogen (secondary N) is 1. The standard InChI is InChI=1S/C50H62N6O/c1-10-14-15-19-24-43-32-47-50(54-43)57-38(9)45(13-4)56(47)46-28-27-35(6)44(46)30-37(8)53-49(40(12-3)31-39(11-2)41-21-17-16-18-22-41)55-48(51)36(7)26-25-34(5)42-23-20-29-52-33-42/h11-13,16-18,21-23,26-28,31-34,43-44,51H,2,4,10,14-15,19-20,24-25,29-30H2,1,3,5-9H3/b36-26+,39-31+,40-12-,51-48?,53-37?,55-49?/t34?,43?,44-/m0/s1. The van der Waals surface area contributed by atoms with Crippen LogP contribution in [0, 0.1) is 17.2 Å². The van der Waals surface area contributed by atoms with Crippen LogP contribution in [0.25, 0.3) is 5.57 Å². The molecular formula is C50H62N6O. The van der Waals surface area contributed by atoms with Gasteiger partial charge in [0.2, 0.25) is 5.90 Å². The summed E-state index contributed by atoms with van der Waals surface area (Å²) in [6.45, 7) is 23.8. The second-order valence-electron chi connectivity index (χ2n) is 15.3. The molecule has 0 saturated heterocycles. The van der Waals surface area contributed by atoms with Gasteiger partial charge < -0.3 is 9.64 Å². The lowest BCUT2D eigenvalue weighted by Crippen LogP contribution is -2.34. The molecule has 0 fully saturated rings. The van der Waals surface area contributed by atoms with Gasteiger partial charge >= 0.3 is 0 Å². The van der Waals surface area contributed by atoms with Crippen LogP contribution >= 0.6 is 0 Å². The molecule has 57 heavy (non-hydrogen) atoms. The lowest BCUT2D eigenvalue weighted by atomic mass is 9.93. The summed E-state index contributed by atoms with van der Waals surface area (Å²) >= 11 is 0. The molecular weight excluding hydrogens is 701 g/mol. The maximum atomic E-state index is 9.15. The molecule has 3 heterocycles. The fourth-order valence-electron chi connectivity index (χ4n) is 7.51. The molecule has 3 aliphatic heterocycles. The van der Waals surface area contributed by atoms with Crippen LogP contribution in [-0.4, -0.2) is 47.0 Å². The van der Waals surface area contributed by atoms with E-state index in [1.807, 2.05) is 63.4 Å². The predicted molar refractivity (Wildman–Crippen MR) is 244 cm³/mol. The van der Waals surface area contributed by atoms with Crippen molar-refractivity contribution in [2.45, 2.75) is 106 Å². The lowest BCUT2D eigenvalue weighted by molar-refractivity contribution is 0.341. The van der Waals surface area contributed by atoms with Gasteiger partial charge in [0.25, 0.3) is 0 Å². The van der Waals surface area contributed by atoms with Gasteiger partial charge in [0.15, 0.2) is 5.84 Å². The topological polar surface area (TPSA) is 85.8 Å². The Balaban J connectivity index is 1.47. The van der Waals surface area contributed by atoms with Gasteiger partial charge in [0, 0.05) is 35.7 Å². The van der Waals surface area contributed by atoms with Gasteiger partial charge in [0.1, 0.15) is 17.3 Å². The Morgan fingerprint density at radius 3 is 2.56 bits per heavy atom. The van der Waals surface area contributed by atoms with Crippen LogP contribution in [-0.2, 0) is 4.74 Å². The van der Waals surface area contributed by atoms with Gasteiger partial charge in [-0.15, -0.1) is 0 Å². The minimum Gasteiger partial charge on any atom is -0.440 e. The first-order chi connectivity index (χ1) is 27.6. The van der Waals surface area contributed by atoms with Crippen LogP contribution in [0.3, 0.4) is 0 Å². The van der Waals surface area contributed by atoms with Crippen molar-refractivity contribution < 1.29 is 4.74 Å². The van der Waals surface area contributed by atoms with Crippen LogP contribution < -0.4 is 0 Å². The van der Waals surface area contributed by atoms with Crippen LogP contribution in [0.1, 0.15) is 105 Å². The van der Waals surface area contributed by atoms with Crippen molar-refractivity contribution in [3.05, 3.63) is 149 Å². The zero-order valence-corrected chi connectivity index (χ0v) is 35.3. The smallest absolute Gasteiger partial charge is 0.239 e. The van der Waals surface area contributed by atoms with E-state index in [2.05, 4.69) is 99.3 Å². The van der Waals surface area contributed by atoms with Crippen molar-refractivity contribution in [3.8, 4) is 0 Å². The van der Waals surface area contributed by atoms with Crippen molar-refractivity contribution in [1.82, 2.24) is 4.90 Å². The summed E-state index contributed by atoms with van der Waals surface area (Å²) in [6, 6.07) is 10.3. The third-order valence-corrected chi connectivity index (χ3v) is 11.0. The zero-order chi connectivity index (χ0) is 40.9. The summed E-state index contributed by atoms with van der Waals surface area (Å²) in [4.78, 5) is 22.0. The molecule has 0 saturated carbocycles. The third-order valence-electron chi connectivity index (χ3n) is 11.0. The van der Waals surface area contributed by atoms with E-state index in [9.17, 15) is 0 Å². The first-order valence-electron chi connectivity index (χ1n) is 20.7. The highest BCUT2D eigenvalue weighted by Crippen LogP contribution is 2.42. The number of dihydropyridines is 1. The first-order valence-corrected chi connectivity index (χ1v) is 20.7. The molecule has 7 nitrogen and oxygen atoms in total. The number of benzene rings is 1. The van der Waals surface area contributed by atoms with Crippen LogP contribution in [0.15, 0.2) is 163 Å². The second-order valence-corrected chi connectivity index (χ2v) is 15.3. The van der Waals surface area contributed by atoms with Crippen LogP contribution in [0.2, 0.25) is 0 Å². The monoisotopic (exact) mass is 762 g/mol. The van der Waals surface area contributed by atoms with Crippen LogP contribution in [0.5, 0.6) is 0 Å². The van der Waals surface area contributed by atoms with E-state index in [0.29, 0.717) is 24.1 Å². The average molecular weight is 763 g/mol. The van der Waals surface area contributed by atoms with E-state index in [1.165, 1.54) is 30.4 Å². The number of hydrogen-bond acceptors (Lipinski definition) is 5. The molecule has 7 heteroatoms. The molecule has 2 unspecified atom stereocenters. The summed E-state index contributed by atoms with van der Waals surface area (Å²) < 4.78 is 6.30. The molecule has 3 atom stereocenters. The fraction of sp³-hybridized carbons (Fsp3) is 0.380. The second kappa shape index (κ2) is 20.7. The highest BCUT2D eigenvalue weighted by Gasteiger charge is 2.38. The van der Waals surface area contributed by atoms with Crippen molar-refractivity contribution in [1.29, 1.82) is 5.41 Å². The number of aliphatic imine (C=N–C) groups is 4. The number of fused-ring (bicyclic) bond motifs is 1. The Hall–Kier alpha value is -5.43. The summed E-state index contributed by atoms with van der Waals surface area (Å²) in [5.74, 6) is 2.53. The van der Waals surface area contributed by atoms with Gasteiger partial charge in [0.05, 0.1) is 11.7 Å². The Kier molecular flexibility index (Phi) is 15.5. The minimum absolute atomic E-state index is 0.0551. The quantitative estimate of drug-likeness (QED) is 0.0741. The number of unbranched alkanes of at least 4 members (excludes halogenated alkanes) is 3. The predicted octanol–water partition coefficient (Wildman–Crippen LogP) is 12.6. The molecule has 298 valence electrons. The normalized spacial score (nSPS) is 21.0. The first kappa shape index (κ1) is 42.7. The molecule has 1 N–H and O–H groups in total. The van der Waals surface area contributed by atoms with Crippen molar-refractivity contribution in [2.75, 3.05) is 6.54 Å². The minimum atomic E-state index is 0.0551. The van der Waals surface area contributed by atoms with Crippen molar-refractivity contribution in [2.24, 2.45) is 31.8 Å². The number of amidine groups is 2.